The van der Waals surface area contributed by atoms with Crippen LogP contribution in [0.2, 0.25) is 0 Å². The summed E-state index contributed by atoms with van der Waals surface area (Å²) >= 11 is 0. The molecular formula is C75H142O6. The van der Waals surface area contributed by atoms with E-state index < -0.39 is 6.10 Å². The van der Waals surface area contributed by atoms with Crippen LogP contribution in [0.15, 0.2) is 24.3 Å². The first kappa shape index (κ1) is 78.9. The molecule has 0 rings (SSSR count). The van der Waals surface area contributed by atoms with E-state index in [-0.39, 0.29) is 31.1 Å². The summed E-state index contributed by atoms with van der Waals surface area (Å²) in [5.74, 6) is -0.848. The van der Waals surface area contributed by atoms with Crippen LogP contribution in [-0.2, 0) is 28.6 Å². The Labute approximate surface area is 506 Å². The molecule has 0 fully saturated rings. The molecule has 478 valence electrons. The summed E-state index contributed by atoms with van der Waals surface area (Å²) in [7, 11) is 0. The standard InChI is InChI=1S/C75H142O6/c1-4-7-10-13-16-19-22-24-26-28-30-32-34-36-38-40-41-43-45-47-49-51-53-56-59-62-65-68-74(77)80-71-72(70-79-73(76)67-64-61-58-55-21-18-15-12-9-6-3)81-75(78)69-66-63-60-57-54-52-50-48-46-44-42-39-37-35-33-31-29-27-25-23-20-17-14-11-8-5-2/h12,15,28,30,72H,4-11,13-14,16-27,29,31-71H2,1-3H3/b15-12-,30-28-. The van der Waals surface area contributed by atoms with Crippen LogP contribution < -0.4 is 0 Å². The lowest BCUT2D eigenvalue weighted by Crippen LogP contribution is -2.30. The molecule has 0 bridgehead atoms. The van der Waals surface area contributed by atoms with Crippen molar-refractivity contribution in [2.75, 3.05) is 13.2 Å². The van der Waals surface area contributed by atoms with Gasteiger partial charge in [-0.1, -0.05) is 360 Å². The molecule has 81 heavy (non-hydrogen) atoms. The molecule has 0 saturated carbocycles. The van der Waals surface area contributed by atoms with Gasteiger partial charge in [0, 0.05) is 19.3 Å². The van der Waals surface area contributed by atoms with Gasteiger partial charge in [-0.25, -0.2) is 0 Å². The molecule has 0 aromatic heterocycles. The van der Waals surface area contributed by atoms with E-state index in [4.69, 9.17) is 14.2 Å². The van der Waals surface area contributed by atoms with Gasteiger partial charge in [0.05, 0.1) is 0 Å². The zero-order valence-corrected chi connectivity index (χ0v) is 55.1. The Morgan fingerprint density at radius 1 is 0.235 bits per heavy atom. The Morgan fingerprint density at radius 3 is 0.667 bits per heavy atom. The Balaban J connectivity index is 4.10. The second kappa shape index (κ2) is 70.4. The van der Waals surface area contributed by atoms with E-state index in [0.29, 0.717) is 19.3 Å². The number of ether oxygens (including phenoxy) is 3. The molecule has 1 atom stereocenters. The highest BCUT2D eigenvalue weighted by atomic mass is 16.6. The fraction of sp³-hybridized carbons (Fsp3) is 0.907. The molecule has 0 radical (unpaired) electrons. The second-order valence-electron chi connectivity index (χ2n) is 25.2. The maximum absolute atomic E-state index is 12.9. The van der Waals surface area contributed by atoms with Crippen LogP contribution in [0.4, 0.5) is 0 Å². The van der Waals surface area contributed by atoms with Gasteiger partial charge in [0.25, 0.3) is 0 Å². The maximum Gasteiger partial charge on any atom is 0.306 e. The summed E-state index contributed by atoms with van der Waals surface area (Å²) in [6.45, 7) is 6.66. The van der Waals surface area contributed by atoms with Crippen molar-refractivity contribution in [1.29, 1.82) is 0 Å². The molecule has 0 amide bonds. The first-order valence-corrected chi connectivity index (χ1v) is 36.8. The minimum Gasteiger partial charge on any atom is -0.462 e. The first-order valence-electron chi connectivity index (χ1n) is 36.8. The number of esters is 3. The van der Waals surface area contributed by atoms with Gasteiger partial charge in [0.15, 0.2) is 6.10 Å². The van der Waals surface area contributed by atoms with Crippen LogP contribution in [0.25, 0.3) is 0 Å². The lowest BCUT2D eigenvalue weighted by Gasteiger charge is -2.18. The molecule has 0 saturated heterocycles. The van der Waals surface area contributed by atoms with E-state index in [1.807, 2.05) is 0 Å². The number of hydrogen-bond acceptors (Lipinski definition) is 6. The van der Waals surface area contributed by atoms with Gasteiger partial charge in [-0.3, -0.25) is 14.4 Å². The van der Waals surface area contributed by atoms with Gasteiger partial charge in [-0.15, -0.1) is 0 Å². The van der Waals surface area contributed by atoms with E-state index in [0.717, 1.165) is 70.6 Å². The van der Waals surface area contributed by atoms with Crippen molar-refractivity contribution in [2.45, 2.75) is 425 Å². The van der Waals surface area contributed by atoms with Gasteiger partial charge < -0.3 is 14.2 Å². The van der Waals surface area contributed by atoms with E-state index in [1.165, 1.54) is 308 Å². The topological polar surface area (TPSA) is 78.9 Å². The van der Waals surface area contributed by atoms with Gasteiger partial charge in [-0.05, 0) is 64.2 Å². The molecule has 0 aromatic rings. The average Bonchev–Trinajstić information content (AvgIpc) is 3.47. The predicted octanol–water partition coefficient (Wildman–Crippen LogP) is 25.3. The van der Waals surface area contributed by atoms with Crippen molar-refractivity contribution in [3.05, 3.63) is 24.3 Å². The highest BCUT2D eigenvalue weighted by Gasteiger charge is 2.20. The van der Waals surface area contributed by atoms with Crippen molar-refractivity contribution in [1.82, 2.24) is 0 Å². The zero-order valence-electron chi connectivity index (χ0n) is 55.1. The fourth-order valence-electron chi connectivity index (χ4n) is 11.4. The van der Waals surface area contributed by atoms with Gasteiger partial charge in [0.2, 0.25) is 0 Å². The molecule has 0 heterocycles. The normalized spacial score (nSPS) is 12.1. The largest absolute Gasteiger partial charge is 0.462 e. The molecule has 6 nitrogen and oxygen atoms in total. The van der Waals surface area contributed by atoms with E-state index in [2.05, 4.69) is 45.1 Å². The van der Waals surface area contributed by atoms with E-state index in [1.54, 1.807) is 0 Å². The molecule has 0 spiro atoms. The second-order valence-corrected chi connectivity index (χ2v) is 25.2. The lowest BCUT2D eigenvalue weighted by molar-refractivity contribution is -0.167. The van der Waals surface area contributed by atoms with Crippen LogP contribution in [0.1, 0.15) is 419 Å². The molecular weight excluding hydrogens is 997 g/mol. The zero-order chi connectivity index (χ0) is 58.5. The summed E-state index contributed by atoms with van der Waals surface area (Å²) < 4.78 is 17.0. The number of carbonyl (C=O) groups is 3. The number of rotatable bonds is 69. The van der Waals surface area contributed by atoms with Crippen molar-refractivity contribution in [2.24, 2.45) is 0 Å². The van der Waals surface area contributed by atoms with E-state index in [9.17, 15) is 14.4 Å². The highest BCUT2D eigenvalue weighted by molar-refractivity contribution is 5.71. The average molecular weight is 1140 g/mol. The Hall–Kier alpha value is -2.11. The van der Waals surface area contributed by atoms with Crippen molar-refractivity contribution < 1.29 is 28.6 Å². The Morgan fingerprint density at radius 2 is 0.432 bits per heavy atom. The number of carbonyl (C=O) groups excluding carboxylic acids is 3. The third-order valence-electron chi connectivity index (χ3n) is 16.9. The van der Waals surface area contributed by atoms with Crippen LogP contribution in [0.5, 0.6) is 0 Å². The van der Waals surface area contributed by atoms with Gasteiger partial charge in [0.1, 0.15) is 13.2 Å². The summed E-state index contributed by atoms with van der Waals surface area (Å²) in [6, 6.07) is 0. The van der Waals surface area contributed by atoms with Crippen LogP contribution in [0, 0.1) is 0 Å². The fourth-order valence-corrected chi connectivity index (χ4v) is 11.4. The highest BCUT2D eigenvalue weighted by Crippen LogP contribution is 2.19. The molecule has 6 heteroatoms. The van der Waals surface area contributed by atoms with Crippen LogP contribution in [-0.4, -0.2) is 37.2 Å². The summed E-state index contributed by atoms with van der Waals surface area (Å²) in [6.07, 6.45) is 86.7. The minimum absolute atomic E-state index is 0.0681. The van der Waals surface area contributed by atoms with Crippen molar-refractivity contribution in [3.63, 3.8) is 0 Å². The summed E-state index contributed by atoms with van der Waals surface area (Å²) in [4.78, 5) is 38.4. The molecule has 0 N–H and O–H groups in total. The SMILES string of the molecule is CCC/C=C\CCCCCCCC(=O)OCC(COC(=O)CCCCCCCCCCCCCCCCC/C=C\CCCCCCCCCC)OC(=O)CCCCCCCCCCCCCCCCCCCCCCCCCCCC. The molecule has 0 aliphatic rings. The first-order chi connectivity index (χ1) is 40.0. The third kappa shape index (κ3) is 68.6. The molecule has 0 aliphatic carbocycles. The van der Waals surface area contributed by atoms with Crippen LogP contribution >= 0.6 is 0 Å². The number of allylic oxidation sites excluding steroid dienone is 4. The van der Waals surface area contributed by atoms with Gasteiger partial charge in [-0.2, -0.15) is 0 Å². The number of hydrogen-bond donors (Lipinski definition) is 0. The summed E-state index contributed by atoms with van der Waals surface area (Å²) in [5.41, 5.74) is 0. The van der Waals surface area contributed by atoms with Crippen molar-refractivity contribution in [3.8, 4) is 0 Å². The molecule has 0 aromatic carbocycles. The molecule has 0 aliphatic heterocycles. The third-order valence-corrected chi connectivity index (χ3v) is 16.9. The Kier molecular flexibility index (Phi) is 68.5. The van der Waals surface area contributed by atoms with Crippen LogP contribution in [0.3, 0.4) is 0 Å². The lowest BCUT2D eigenvalue weighted by atomic mass is 10.0. The van der Waals surface area contributed by atoms with Gasteiger partial charge >= 0.3 is 17.9 Å². The maximum atomic E-state index is 12.9. The summed E-state index contributed by atoms with van der Waals surface area (Å²) in [5, 5.41) is 0. The smallest absolute Gasteiger partial charge is 0.306 e. The van der Waals surface area contributed by atoms with Crippen molar-refractivity contribution >= 4 is 17.9 Å². The van der Waals surface area contributed by atoms with E-state index >= 15 is 0 Å². The predicted molar refractivity (Wildman–Crippen MR) is 353 cm³/mol. The monoisotopic (exact) mass is 1140 g/mol. The Bertz CT molecular complexity index is 1310. The quantitative estimate of drug-likeness (QED) is 0.0261. The number of unbranched alkanes of at least 4 members (excludes halogenated alkanes) is 54. The molecule has 1 unspecified atom stereocenters. The minimum atomic E-state index is -0.771.